The number of hydrogen-bond donors (Lipinski definition) is 1. The van der Waals surface area contributed by atoms with Gasteiger partial charge in [0.15, 0.2) is 0 Å². The third kappa shape index (κ3) is 2.06. The van der Waals surface area contributed by atoms with E-state index in [9.17, 15) is 0 Å². The van der Waals surface area contributed by atoms with E-state index in [2.05, 4.69) is 48.5 Å². The van der Waals surface area contributed by atoms with Crippen molar-refractivity contribution in [3.05, 3.63) is 59.7 Å². The van der Waals surface area contributed by atoms with Crippen molar-refractivity contribution in [1.29, 1.82) is 0 Å². The Morgan fingerprint density at radius 3 is 2.00 bits per heavy atom. The number of rotatable bonds is 3. The molecule has 1 aliphatic rings. The second-order valence-electron chi connectivity index (χ2n) is 4.66. The third-order valence-electron chi connectivity index (χ3n) is 3.51. The lowest BCUT2D eigenvalue weighted by Crippen LogP contribution is -2.10. The van der Waals surface area contributed by atoms with Crippen LogP contribution < -0.4 is 5.73 Å². The fourth-order valence-corrected chi connectivity index (χ4v) is 3.83. The summed E-state index contributed by atoms with van der Waals surface area (Å²) in [6.45, 7) is 0.772. The van der Waals surface area contributed by atoms with Gasteiger partial charge in [0, 0.05) is 15.7 Å². The van der Waals surface area contributed by atoms with Crippen molar-refractivity contribution < 1.29 is 0 Å². The molecule has 0 radical (unpaired) electrons. The molecule has 0 bridgehead atoms. The van der Waals surface area contributed by atoms with Gasteiger partial charge in [0.2, 0.25) is 0 Å². The lowest BCUT2D eigenvalue weighted by Gasteiger charge is -2.27. The Bertz CT molecular complexity index is 505. The van der Waals surface area contributed by atoms with E-state index in [0.29, 0.717) is 5.92 Å². The maximum atomic E-state index is 5.68. The fraction of sp³-hybridized carbons (Fsp3) is 0.250. The normalized spacial score (nSPS) is 14.1. The minimum Gasteiger partial charge on any atom is -0.330 e. The van der Waals surface area contributed by atoms with E-state index in [1.54, 1.807) is 0 Å². The Hall–Kier alpha value is -1.25. The summed E-state index contributed by atoms with van der Waals surface area (Å²) in [4.78, 5) is 2.80. The highest BCUT2D eigenvalue weighted by Gasteiger charge is 2.24. The van der Waals surface area contributed by atoms with Crippen molar-refractivity contribution in [3.8, 4) is 0 Å². The Balaban J connectivity index is 2.05. The molecule has 92 valence electrons. The molecule has 0 saturated heterocycles. The first-order valence-corrected chi connectivity index (χ1v) is 7.27. The summed E-state index contributed by atoms with van der Waals surface area (Å²) in [6, 6.07) is 17.5. The zero-order valence-corrected chi connectivity index (χ0v) is 11.1. The average Bonchev–Trinajstić information content (AvgIpc) is 2.43. The molecule has 1 aliphatic heterocycles. The molecule has 0 fully saturated rings. The first-order chi connectivity index (χ1) is 8.90. The Kier molecular flexibility index (Phi) is 3.39. The molecule has 0 saturated carbocycles. The van der Waals surface area contributed by atoms with E-state index in [-0.39, 0.29) is 0 Å². The summed E-state index contributed by atoms with van der Waals surface area (Å²) in [7, 11) is 0. The second-order valence-corrected chi connectivity index (χ2v) is 5.74. The summed E-state index contributed by atoms with van der Waals surface area (Å²) in [5.74, 6) is 0.516. The molecule has 0 aromatic heterocycles. The van der Waals surface area contributed by atoms with E-state index in [4.69, 9.17) is 5.73 Å². The van der Waals surface area contributed by atoms with Crippen molar-refractivity contribution in [1.82, 2.24) is 0 Å². The highest BCUT2D eigenvalue weighted by atomic mass is 32.2. The van der Waals surface area contributed by atoms with E-state index in [1.165, 1.54) is 20.9 Å². The molecule has 0 unspecified atom stereocenters. The van der Waals surface area contributed by atoms with Crippen LogP contribution in [0.4, 0.5) is 0 Å². The molecule has 0 spiro atoms. The summed E-state index contributed by atoms with van der Waals surface area (Å²) >= 11 is 1.89. The first-order valence-electron chi connectivity index (χ1n) is 6.46. The van der Waals surface area contributed by atoms with Crippen molar-refractivity contribution >= 4 is 11.8 Å². The number of benzene rings is 2. The van der Waals surface area contributed by atoms with Crippen LogP contribution in [0.2, 0.25) is 0 Å². The molecular weight excluding hydrogens is 238 g/mol. The van der Waals surface area contributed by atoms with Gasteiger partial charge in [0.05, 0.1) is 0 Å². The van der Waals surface area contributed by atoms with Gasteiger partial charge in [-0.15, -0.1) is 0 Å². The standard InChI is InChI=1S/C16H17NS/c17-11-5-8-12-13-6-1-3-9-15(13)18-16-10-4-2-7-14(12)16/h1-4,6-7,9-10,12H,5,8,11,17H2. The van der Waals surface area contributed by atoms with Gasteiger partial charge in [-0.2, -0.15) is 0 Å². The number of fused-ring (bicyclic) bond motifs is 2. The van der Waals surface area contributed by atoms with Crippen molar-refractivity contribution in [2.75, 3.05) is 6.54 Å². The molecule has 2 aromatic rings. The molecule has 0 atom stereocenters. The second kappa shape index (κ2) is 5.17. The van der Waals surface area contributed by atoms with Crippen LogP contribution in [0.5, 0.6) is 0 Å². The molecular formula is C16H17NS. The van der Waals surface area contributed by atoms with Crippen LogP contribution in [0.3, 0.4) is 0 Å². The molecule has 2 aromatic carbocycles. The lowest BCUT2D eigenvalue weighted by atomic mass is 9.87. The highest BCUT2D eigenvalue weighted by Crippen LogP contribution is 2.47. The Morgan fingerprint density at radius 2 is 1.44 bits per heavy atom. The zero-order valence-electron chi connectivity index (χ0n) is 10.3. The number of nitrogens with two attached hydrogens (primary N) is 1. The molecule has 1 nitrogen and oxygen atoms in total. The van der Waals surface area contributed by atoms with Crippen LogP contribution in [0.25, 0.3) is 0 Å². The summed E-state index contributed by atoms with van der Waals surface area (Å²) in [5, 5.41) is 0. The van der Waals surface area contributed by atoms with Crippen LogP contribution in [-0.2, 0) is 0 Å². The van der Waals surface area contributed by atoms with Crippen molar-refractivity contribution in [2.24, 2.45) is 5.73 Å². The monoisotopic (exact) mass is 255 g/mol. The van der Waals surface area contributed by atoms with Crippen LogP contribution >= 0.6 is 11.8 Å². The molecule has 2 heteroatoms. The molecule has 3 rings (SSSR count). The van der Waals surface area contributed by atoms with Gasteiger partial charge in [-0.05, 0) is 42.6 Å². The van der Waals surface area contributed by atoms with Crippen molar-refractivity contribution in [2.45, 2.75) is 28.6 Å². The van der Waals surface area contributed by atoms with Crippen LogP contribution in [0.15, 0.2) is 58.3 Å². The first kappa shape index (κ1) is 11.8. The van der Waals surface area contributed by atoms with Crippen LogP contribution in [-0.4, -0.2) is 6.54 Å². The lowest BCUT2D eigenvalue weighted by molar-refractivity contribution is 0.649. The fourth-order valence-electron chi connectivity index (χ4n) is 2.64. The third-order valence-corrected chi connectivity index (χ3v) is 4.69. The van der Waals surface area contributed by atoms with Gasteiger partial charge in [0.1, 0.15) is 0 Å². The average molecular weight is 255 g/mol. The van der Waals surface area contributed by atoms with Crippen LogP contribution in [0.1, 0.15) is 29.9 Å². The Labute approximate surface area is 112 Å². The van der Waals surface area contributed by atoms with Gasteiger partial charge >= 0.3 is 0 Å². The van der Waals surface area contributed by atoms with Gasteiger partial charge in [-0.25, -0.2) is 0 Å². The largest absolute Gasteiger partial charge is 0.330 e. The van der Waals surface area contributed by atoms with E-state index >= 15 is 0 Å². The SMILES string of the molecule is NCCCC1c2ccccc2Sc2ccccc21. The van der Waals surface area contributed by atoms with Gasteiger partial charge in [-0.3, -0.25) is 0 Å². The minimum atomic E-state index is 0.516. The molecule has 0 aliphatic carbocycles. The summed E-state index contributed by atoms with van der Waals surface area (Å²) < 4.78 is 0. The maximum absolute atomic E-state index is 5.68. The zero-order chi connectivity index (χ0) is 12.4. The number of hydrogen-bond acceptors (Lipinski definition) is 2. The molecule has 1 heterocycles. The van der Waals surface area contributed by atoms with Gasteiger partial charge < -0.3 is 5.73 Å². The topological polar surface area (TPSA) is 26.0 Å². The van der Waals surface area contributed by atoms with Gasteiger partial charge in [-0.1, -0.05) is 48.2 Å². The van der Waals surface area contributed by atoms with Gasteiger partial charge in [0.25, 0.3) is 0 Å². The van der Waals surface area contributed by atoms with E-state index in [0.717, 1.165) is 19.4 Å². The van der Waals surface area contributed by atoms with Crippen molar-refractivity contribution in [3.63, 3.8) is 0 Å². The molecule has 18 heavy (non-hydrogen) atoms. The summed E-state index contributed by atoms with van der Waals surface area (Å²) in [6.07, 6.45) is 2.23. The molecule has 2 N–H and O–H groups in total. The van der Waals surface area contributed by atoms with E-state index < -0.39 is 0 Å². The minimum absolute atomic E-state index is 0.516. The Morgan fingerprint density at radius 1 is 0.889 bits per heavy atom. The quantitative estimate of drug-likeness (QED) is 0.896. The summed E-state index contributed by atoms with van der Waals surface area (Å²) in [5.41, 5.74) is 8.61. The predicted molar refractivity (Wildman–Crippen MR) is 77.1 cm³/mol. The maximum Gasteiger partial charge on any atom is 0.0160 e. The smallest absolute Gasteiger partial charge is 0.0160 e. The van der Waals surface area contributed by atoms with E-state index in [1.807, 2.05) is 11.8 Å². The molecule has 0 amide bonds. The predicted octanol–water partition coefficient (Wildman–Crippen LogP) is 4.02. The highest BCUT2D eigenvalue weighted by molar-refractivity contribution is 7.99. The van der Waals surface area contributed by atoms with Crippen LogP contribution in [0, 0.1) is 0 Å².